The molecule has 0 saturated carbocycles. The average Bonchev–Trinajstić information content (AvgIpc) is 2.98. The first-order chi connectivity index (χ1) is 9.60. The number of rotatable bonds is 3. The maximum absolute atomic E-state index is 5.75. The minimum Gasteiger partial charge on any atom is -0.399 e. The van der Waals surface area contributed by atoms with Crippen molar-refractivity contribution in [1.82, 2.24) is 15.1 Å². The molecule has 0 aliphatic rings. The van der Waals surface area contributed by atoms with Crippen molar-refractivity contribution in [3.05, 3.63) is 40.1 Å². The van der Waals surface area contributed by atoms with E-state index in [9.17, 15) is 0 Å². The van der Waals surface area contributed by atoms with Crippen LogP contribution in [-0.4, -0.2) is 15.1 Å². The molecule has 0 aliphatic carbocycles. The van der Waals surface area contributed by atoms with Gasteiger partial charge in [-0.15, -0.1) is 11.3 Å². The maximum atomic E-state index is 5.75. The minimum absolute atomic E-state index is 0.408. The maximum Gasteiger partial charge on any atom is 0.258 e. The molecule has 0 saturated heterocycles. The summed E-state index contributed by atoms with van der Waals surface area (Å²) in [5.41, 5.74) is 14.3. The normalized spacial score (nSPS) is 10.8. The Labute approximate surface area is 119 Å². The summed E-state index contributed by atoms with van der Waals surface area (Å²) in [6, 6.07) is 5.18. The molecule has 0 bridgehead atoms. The van der Waals surface area contributed by atoms with E-state index in [4.69, 9.17) is 16.0 Å². The summed E-state index contributed by atoms with van der Waals surface area (Å²) >= 11 is 1.60. The van der Waals surface area contributed by atoms with Gasteiger partial charge in [-0.05, 0) is 25.1 Å². The smallest absolute Gasteiger partial charge is 0.258 e. The van der Waals surface area contributed by atoms with E-state index in [0.29, 0.717) is 29.5 Å². The Morgan fingerprint density at radius 1 is 1.15 bits per heavy atom. The van der Waals surface area contributed by atoms with Gasteiger partial charge in [0.15, 0.2) is 5.82 Å². The molecule has 0 unspecified atom stereocenters. The van der Waals surface area contributed by atoms with E-state index in [0.717, 1.165) is 16.3 Å². The molecule has 3 aromatic rings. The molecule has 6 nitrogen and oxygen atoms in total. The number of nitrogens with two attached hydrogens (primary N) is 2. The molecule has 0 radical (unpaired) electrons. The van der Waals surface area contributed by atoms with Crippen LogP contribution in [-0.2, 0) is 6.42 Å². The average molecular weight is 287 g/mol. The van der Waals surface area contributed by atoms with Gasteiger partial charge in [0.25, 0.3) is 5.89 Å². The van der Waals surface area contributed by atoms with Crippen LogP contribution in [0.25, 0.3) is 11.5 Å². The molecule has 20 heavy (non-hydrogen) atoms. The summed E-state index contributed by atoms with van der Waals surface area (Å²) in [6.07, 6.45) is 0.547. The van der Waals surface area contributed by atoms with Gasteiger partial charge in [-0.3, -0.25) is 0 Å². The SMILES string of the molecule is Cc1nc(Cc2noc(-c3cc(N)cc(N)c3)n2)cs1. The molecule has 3 rings (SSSR count). The summed E-state index contributed by atoms with van der Waals surface area (Å²) in [5.74, 6) is 0.997. The fraction of sp³-hybridized carbons (Fsp3) is 0.154. The molecule has 0 aliphatic heterocycles. The van der Waals surface area contributed by atoms with Crippen LogP contribution in [0.5, 0.6) is 0 Å². The summed E-state index contributed by atoms with van der Waals surface area (Å²) in [4.78, 5) is 8.72. The second-order valence-electron chi connectivity index (χ2n) is 4.44. The Hall–Kier alpha value is -2.41. The van der Waals surface area contributed by atoms with Crippen LogP contribution in [0.2, 0.25) is 0 Å². The summed E-state index contributed by atoms with van der Waals surface area (Å²) in [5, 5.41) is 6.96. The van der Waals surface area contributed by atoms with E-state index in [1.54, 1.807) is 29.5 Å². The zero-order valence-electron chi connectivity index (χ0n) is 10.8. The van der Waals surface area contributed by atoms with E-state index >= 15 is 0 Å². The van der Waals surface area contributed by atoms with Gasteiger partial charge >= 0.3 is 0 Å². The molecular weight excluding hydrogens is 274 g/mol. The fourth-order valence-electron chi connectivity index (χ4n) is 1.89. The minimum atomic E-state index is 0.408. The quantitative estimate of drug-likeness (QED) is 0.716. The van der Waals surface area contributed by atoms with Gasteiger partial charge in [-0.2, -0.15) is 4.98 Å². The van der Waals surface area contributed by atoms with Gasteiger partial charge < -0.3 is 16.0 Å². The van der Waals surface area contributed by atoms with Gasteiger partial charge in [-0.1, -0.05) is 5.16 Å². The lowest BCUT2D eigenvalue weighted by Crippen LogP contribution is -1.93. The first-order valence-corrected chi connectivity index (χ1v) is 6.88. The molecule has 7 heteroatoms. The van der Waals surface area contributed by atoms with Gasteiger partial charge in [0.05, 0.1) is 17.1 Å². The van der Waals surface area contributed by atoms with Crippen LogP contribution >= 0.6 is 11.3 Å². The standard InChI is InChI=1S/C13H13N5OS/c1-7-16-11(6-20-7)5-12-17-13(19-18-12)8-2-9(14)4-10(15)3-8/h2-4,6H,5,14-15H2,1H3. The zero-order chi connectivity index (χ0) is 14.1. The van der Waals surface area contributed by atoms with Crippen molar-refractivity contribution < 1.29 is 4.52 Å². The molecule has 2 heterocycles. The van der Waals surface area contributed by atoms with Crippen molar-refractivity contribution in [2.75, 3.05) is 11.5 Å². The third-order valence-electron chi connectivity index (χ3n) is 2.70. The second-order valence-corrected chi connectivity index (χ2v) is 5.50. The first kappa shape index (κ1) is 12.6. The van der Waals surface area contributed by atoms with Crippen LogP contribution < -0.4 is 11.5 Å². The van der Waals surface area contributed by atoms with E-state index in [-0.39, 0.29) is 0 Å². The number of hydrogen-bond acceptors (Lipinski definition) is 7. The highest BCUT2D eigenvalue weighted by molar-refractivity contribution is 7.09. The molecule has 0 spiro atoms. The zero-order valence-corrected chi connectivity index (χ0v) is 11.6. The van der Waals surface area contributed by atoms with Crippen molar-refractivity contribution in [3.63, 3.8) is 0 Å². The summed E-state index contributed by atoms with van der Waals surface area (Å²) in [6.45, 7) is 1.96. The third kappa shape index (κ3) is 2.62. The van der Waals surface area contributed by atoms with Crippen molar-refractivity contribution in [1.29, 1.82) is 0 Å². The molecule has 102 valence electrons. The molecule has 0 atom stereocenters. The molecule has 2 aromatic heterocycles. The lowest BCUT2D eigenvalue weighted by Gasteiger charge is -1.99. The highest BCUT2D eigenvalue weighted by Crippen LogP contribution is 2.23. The van der Waals surface area contributed by atoms with Crippen molar-refractivity contribution in [2.24, 2.45) is 0 Å². The Bertz CT molecular complexity index is 729. The number of hydrogen-bond donors (Lipinski definition) is 2. The molecule has 1 aromatic carbocycles. The second kappa shape index (κ2) is 4.93. The van der Waals surface area contributed by atoms with Crippen LogP contribution in [0, 0.1) is 6.92 Å². The Balaban J connectivity index is 1.86. The third-order valence-corrected chi connectivity index (χ3v) is 3.52. The van der Waals surface area contributed by atoms with E-state index in [2.05, 4.69) is 15.1 Å². The summed E-state index contributed by atoms with van der Waals surface area (Å²) < 4.78 is 5.24. The van der Waals surface area contributed by atoms with Crippen molar-refractivity contribution in [2.45, 2.75) is 13.3 Å². The number of nitrogen functional groups attached to an aromatic ring is 2. The molecule has 4 N–H and O–H groups in total. The fourth-order valence-corrected chi connectivity index (χ4v) is 2.51. The van der Waals surface area contributed by atoms with Crippen molar-refractivity contribution >= 4 is 22.7 Å². The van der Waals surface area contributed by atoms with Crippen molar-refractivity contribution in [3.8, 4) is 11.5 Å². The molecule has 0 amide bonds. The topological polar surface area (TPSA) is 104 Å². The van der Waals surface area contributed by atoms with Crippen LogP contribution in [0.1, 0.15) is 16.5 Å². The van der Waals surface area contributed by atoms with Crippen LogP contribution in [0.3, 0.4) is 0 Å². The lowest BCUT2D eigenvalue weighted by atomic mass is 10.2. The van der Waals surface area contributed by atoms with Gasteiger partial charge in [-0.25, -0.2) is 4.98 Å². The predicted octanol–water partition coefficient (Wildman–Crippen LogP) is 2.26. The van der Waals surface area contributed by atoms with Crippen LogP contribution in [0.15, 0.2) is 28.1 Å². The number of thiazole rings is 1. The van der Waals surface area contributed by atoms with Gasteiger partial charge in [0.2, 0.25) is 0 Å². The number of aryl methyl sites for hydroxylation is 1. The summed E-state index contributed by atoms with van der Waals surface area (Å²) in [7, 11) is 0. The Morgan fingerprint density at radius 3 is 2.55 bits per heavy atom. The molecular formula is C13H13N5OS. The predicted molar refractivity (Wildman–Crippen MR) is 78.2 cm³/mol. The number of nitrogens with zero attached hydrogens (tertiary/aromatic N) is 3. The largest absolute Gasteiger partial charge is 0.399 e. The lowest BCUT2D eigenvalue weighted by molar-refractivity contribution is 0.424. The van der Waals surface area contributed by atoms with E-state index < -0.39 is 0 Å². The Morgan fingerprint density at radius 2 is 1.90 bits per heavy atom. The molecule has 0 fully saturated rings. The highest BCUT2D eigenvalue weighted by atomic mass is 32.1. The monoisotopic (exact) mass is 287 g/mol. The number of anilines is 2. The van der Waals surface area contributed by atoms with Gasteiger partial charge in [0.1, 0.15) is 0 Å². The van der Waals surface area contributed by atoms with Gasteiger partial charge in [0, 0.05) is 22.3 Å². The van der Waals surface area contributed by atoms with E-state index in [1.807, 2.05) is 12.3 Å². The highest BCUT2D eigenvalue weighted by Gasteiger charge is 2.11. The number of aromatic nitrogens is 3. The van der Waals surface area contributed by atoms with E-state index in [1.165, 1.54) is 0 Å². The first-order valence-electron chi connectivity index (χ1n) is 6.00. The van der Waals surface area contributed by atoms with Crippen LogP contribution in [0.4, 0.5) is 11.4 Å². The number of benzene rings is 1. The Kier molecular flexibility index (Phi) is 3.11.